The van der Waals surface area contributed by atoms with Gasteiger partial charge in [0.15, 0.2) is 0 Å². The van der Waals surface area contributed by atoms with Crippen LogP contribution >= 0.6 is 0 Å². The van der Waals surface area contributed by atoms with E-state index >= 15 is 0 Å². The molecule has 13 heavy (non-hydrogen) atoms. The molecule has 66 valence electrons. The zero-order valence-corrected chi connectivity index (χ0v) is 6.95. The average molecular weight is 175 g/mol. The van der Waals surface area contributed by atoms with Crippen LogP contribution in [0.5, 0.6) is 0 Å². The minimum Gasteiger partial charge on any atom is -0.399 e. The van der Waals surface area contributed by atoms with Gasteiger partial charge in [0.2, 0.25) is 5.91 Å². The molecule has 0 fully saturated rings. The Hall–Kier alpha value is -1.84. The van der Waals surface area contributed by atoms with Crippen molar-refractivity contribution in [2.75, 3.05) is 12.3 Å². The Bertz CT molecular complexity index is 367. The number of nitrogens with zero attached hydrogens (tertiary/aromatic N) is 1. The lowest BCUT2D eigenvalue weighted by Crippen LogP contribution is -2.25. The summed E-state index contributed by atoms with van der Waals surface area (Å²) in [5.74, 6) is 0.567. The molecule has 3 N–H and O–H groups in total. The quantitative estimate of drug-likeness (QED) is 0.596. The number of carbonyl (C=O) groups is 1. The molecular weight excluding hydrogens is 166 g/mol. The Balaban J connectivity index is 2.27. The van der Waals surface area contributed by atoms with Crippen molar-refractivity contribution in [1.82, 2.24) is 5.32 Å². The minimum atomic E-state index is -0.0631. The highest BCUT2D eigenvalue weighted by molar-refractivity contribution is 6.12. The van der Waals surface area contributed by atoms with E-state index in [2.05, 4.69) is 10.3 Å². The van der Waals surface area contributed by atoms with Gasteiger partial charge in [0.05, 0.1) is 0 Å². The van der Waals surface area contributed by atoms with Crippen molar-refractivity contribution in [3.63, 3.8) is 0 Å². The van der Waals surface area contributed by atoms with Gasteiger partial charge in [0.25, 0.3) is 0 Å². The van der Waals surface area contributed by atoms with E-state index in [1.165, 1.54) is 0 Å². The number of benzene rings is 1. The van der Waals surface area contributed by atoms with E-state index in [1.807, 2.05) is 12.1 Å². The van der Waals surface area contributed by atoms with Gasteiger partial charge in [-0.15, -0.1) is 0 Å². The molecule has 1 aliphatic rings. The second kappa shape index (κ2) is 2.90. The molecule has 0 atom stereocenters. The van der Waals surface area contributed by atoms with Crippen molar-refractivity contribution in [2.24, 2.45) is 4.99 Å². The number of anilines is 1. The third-order valence-electron chi connectivity index (χ3n) is 1.82. The Morgan fingerprint density at radius 1 is 1.31 bits per heavy atom. The summed E-state index contributed by atoms with van der Waals surface area (Å²) in [7, 11) is 0. The van der Waals surface area contributed by atoms with Crippen molar-refractivity contribution in [1.29, 1.82) is 0 Å². The van der Waals surface area contributed by atoms with E-state index in [-0.39, 0.29) is 12.5 Å². The number of carbonyl (C=O) groups excluding carboxylic acids is 1. The van der Waals surface area contributed by atoms with Crippen molar-refractivity contribution in [2.45, 2.75) is 0 Å². The molecule has 0 saturated carbocycles. The first-order chi connectivity index (χ1) is 6.25. The zero-order chi connectivity index (χ0) is 9.26. The Labute approximate surface area is 75.5 Å². The summed E-state index contributed by atoms with van der Waals surface area (Å²) in [6.45, 7) is 0.222. The zero-order valence-electron chi connectivity index (χ0n) is 6.95. The van der Waals surface area contributed by atoms with Crippen LogP contribution in [0.4, 0.5) is 5.69 Å². The van der Waals surface area contributed by atoms with Crippen LogP contribution in [0.1, 0.15) is 5.56 Å². The number of nitrogens with two attached hydrogens (primary N) is 1. The summed E-state index contributed by atoms with van der Waals surface area (Å²) in [5.41, 5.74) is 7.12. The summed E-state index contributed by atoms with van der Waals surface area (Å²) in [5, 5.41) is 2.66. The SMILES string of the molecule is Nc1ccc(C2=NCC(=O)N2)cc1. The van der Waals surface area contributed by atoms with Crippen molar-refractivity contribution in [3.8, 4) is 0 Å². The fraction of sp³-hybridized carbons (Fsp3) is 0.111. The van der Waals surface area contributed by atoms with E-state index in [1.54, 1.807) is 12.1 Å². The van der Waals surface area contributed by atoms with E-state index < -0.39 is 0 Å². The number of hydrogen-bond donors (Lipinski definition) is 2. The standard InChI is InChI=1S/C9H9N3O/c10-7-3-1-6(2-4-7)9-11-5-8(13)12-9/h1-4H,5,10H2,(H,11,12,13). The topological polar surface area (TPSA) is 67.5 Å². The summed E-state index contributed by atoms with van der Waals surface area (Å²) >= 11 is 0. The van der Waals surface area contributed by atoms with Crippen LogP contribution in [0.2, 0.25) is 0 Å². The Morgan fingerprint density at radius 2 is 2.00 bits per heavy atom. The number of amides is 1. The smallest absolute Gasteiger partial charge is 0.247 e. The maximum atomic E-state index is 10.8. The first-order valence-electron chi connectivity index (χ1n) is 3.96. The van der Waals surface area contributed by atoms with E-state index in [9.17, 15) is 4.79 Å². The van der Waals surface area contributed by atoms with Gasteiger partial charge in [-0.2, -0.15) is 0 Å². The van der Waals surface area contributed by atoms with Gasteiger partial charge in [-0.05, 0) is 24.3 Å². The Morgan fingerprint density at radius 3 is 2.54 bits per heavy atom. The first kappa shape index (κ1) is 7.79. The third kappa shape index (κ3) is 1.51. The monoisotopic (exact) mass is 175 g/mol. The molecule has 1 amide bonds. The van der Waals surface area contributed by atoms with Gasteiger partial charge in [-0.25, -0.2) is 0 Å². The Kier molecular flexibility index (Phi) is 1.73. The first-order valence-corrected chi connectivity index (χ1v) is 3.96. The minimum absolute atomic E-state index is 0.0631. The van der Waals surface area contributed by atoms with Crippen molar-refractivity contribution in [3.05, 3.63) is 29.8 Å². The van der Waals surface area contributed by atoms with Gasteiger partial charge in [-0.1, -0.05) is 0 Å². The van der Waals surface area contributed by atoms with Crippen molar-refractivity contribution >= 4 is 17.4 Å². The lowest BCUT2D eigenvalue weighted by molar-refractivity contribution is -0.117. The van der Waals surface area contributed by atoms with E-state index in [0.717, 1.165) is 5.56 Å². The molecule has 0 saturated heterocycles. The summed E-state index contributed by atoms with van der Waals surface area (Å²) in [6.07, 6.45) is 0. The van der Waals surface area contributed by atoms with E-state index in [4.69, 9.17) is 5.73 Å². The van der Waals surface area contributed by atoms with Crippen LogP contribution in [0.15, 0.2) is 29.3 Å². The van der Waals surface area contributed by atoms with Crippen LogP contribution < -0.4 is 11.1 Å². The molecule has 0 radical (unpaired) electrons. The second-order valence-electron chi connectivity index (χ2n) is 2.84. The van der Waals surface area contributed by atoms with Crippen LogP contribution in [-0.2, 0) is 4.79 Å². The van der Waals surface area contributed by atoms with Crippen LogP contribution in [0.25, 0.3) is 0 Å². The average Bonchev–Trinajstić information content (AvgIpc) is 2.53. The van der Waals surface area contributed by atoms with Gasteiger partial charge >= 0.3 is 0 Å². The molecule has 1 aromatic carbocycles. The highest BCUT2D eigenvalue weighted by Gasteiger charge is 2.13. The molecule has 0 aliphatic carbocycles. The number of aliphatic imine (C=N–C) groups is 1. The number of amidine groups is 1. The predicted octanol–water partition coefficient (Wildman–Crippen LogP) is 0.145. The van der Waals surface area contributed by atoms with E-state index in [0.29, 0.717) is 11.5 Å². The molecule has 4 heteroatoms. The van der Waals surface area contributed by atoms with Gasteiger partial charge < -0.3 is 11.1 Å². The highest BCUT2D eigenvalue weighted by Crippen LogP contribution is 2.07. The molecule has 0 aromatic heterocycles. The molecule has 0 unspecified atom stereocenters. The maximum Gasteiger partial charge on any atom is 0.247 e. The lowest BCUT2D eigenvalue weighted by atomic mass is 10.2. The summed E-state index contributed by atoms with van der Waals surface area (Å²) in [4.78, 5) is 14.9. The normalized spacial score (nSPS) is 15.4. The summed E-state index contributed by atoms with van der Waals surface area (Å²) in [6, 6.07) is 7.23. The fourth-order valence-electron chi connectivity index (χ4n) is 1.17. The molecule has 1 aromatic rings. The van der Waals surface area contributed by atoms with Crippen LogP contribution in [-0.4, -0.2) is 18.3 Å². The number of nitrogens with one attached hydrogen (secondary N) is 1. The highest BCUT2D eigenvalue weighted by atomic mass is 16.2. The molecule has 0 bridgehead atoms. The molecule has 1 heterocycles. The number of hydrogen-bond acceptors (Lipinski definition) is 3. The molecule has 2 rings (SSSR count). The van der Waals surface area contributed by atoms with Gasteiger partial charge in [-0.3, -0.25) is 9.79 Å². The van der Waals surface area contributed by atoms with Crippen LogP contribution in [0, 0.1) is 0 Å². The largest absolute Gasteiger partial charge is 0.399 e. The molecule has 4 nitrogen and oxygen atoms in total. The fourth-order valence-corrected chi connectivity index (χ4v) is 1.17. The third-order valence-corrected chi connectivity index (χ3v) is 1.82. The molecule has 1 aliphatic heterocycles. The molecule has 0 spiro atoms. The predicted molar refractivity (Wildman–Crippen MR) is 50.4 cm³/mol. The van der Waals surface area contributed by atoms with Crippen molar-refractivity contribution < 1.29 is 4.79 Å². The maximum absolute atomic E-state index is 10.8. The number of rotatable bonds is 1. The number of nitrogen functional groups attached to an aromatic ring is 1. The lowest BCUT2D eigenvalue weighted by Gasteiger charge is -2.00. The summed E-state index contributed by atoms with van der Waals surface area (Å²) < 4.78 is 0. The van der Waals surface area contributed by atoms with Gasteiger partial charge in [0.1, 0.15) is 12.4 Å². The van der Waals surface area contributed by atoms with Gasteiger partial charge in [0, 0.05) is 11.3 Å². The van der Waals surface area contributed by atoms with Crippen LogP contribution in [0.3, 0.4) is 0 Å². The second-order valence-corrected chi connectivity index (χ2v) is 2.84. The molecular formula is C9H9N3O.